The van der Waals surface area contributed by atoms with Crippen LogP contribution in [-0.4, -0.2) is 33.0 Å². The summed E-state index contributed by atoms with van der Waals surface area (Å²) in [5, 5.41) is 9.14. The summed E-state index contributed by atoms with van der Waals surface area (Å²) in [6.45, 7) is 4.48. The molecule has 0 aliphatic carbocycles. The number of rotatable bonds is 6. The number of thioether (sulfide) groups is 1. The first kappa shape index (κ1) is 17.3. The second-order valence-corrected chi connectivity index (χ2v) is 6.46. The van der Waals surface area contributed by atoms with E-state index in [4.69, 9.17) is 4.42 Å². The second kappa shape index (κ2) is 7.57. The van der Waals surface area contributed by atoms with Crippen LogP contribution in [0, 0.1) is 6.92 Å². The van der Waals surface area contributed by atoms with Crippen LogP contribution in [-0.2, 0) is 11.8 Å². The minimum atomic E-state index is 0.0442. The molecule has 0 saturated carbocycles. The molecule has 1 amide bonds. The number of nitrogens with zero attached hydrogens (tertiary/aromatic N) is 4. The Hall–Kier alpha value is -2.54. The fourth-order valence-corrected chi connectivity index (χ4v) is 3.39. The fraction of sp³-hybridized carbons (Fsp3) is 0.278. The Kier molecular flexibility index (Phi) is 5.23. The Bertz CT molecular complexity index is 857. The summed E-state index contributed by atoms with van der Waals surface area (Å²) in [5.74, 6) is 1.88. The maximum Gasteiger partial charge on any atom is 0.237 e. The molecule has 6 nitrogen and oxygen atoms in total. The van der Waals surface area contributed by atoms with Gasteiger partial charge in [-0.15, -0.1) is 10.2 Å². The predicted octanol–water partition coefficient (Wildman–Crippen LogP) is 3.53. The maximum absolute atomic E-state index is 12.6. The quantitative estimate of drug-likeness (QED) is 0.632. The van der Waals surface area contributed by atoms with Gasteiger partial charge in [0.05, 0.1) is 17.6 Å². The van der Waals surface area contributed by atoms with E-state index in [0.717, 1.165) is 22.8 Å². The van der Waals surface area contributed by atoms with Crippen molar-refractivity contribution < 1.29 is 9.21 Å². The SMILES string of the molecule is CCN(C(=O)CSc1nnc(-c2ccoc2C)n1C)c1ccccc1. The van der Waals surface area contributed by atoms with Crippen molar-refractivity contribution in [3.05, 3.63) is 48.4 Å². The third kappa shape index (κ3) is 3.61. The average Bonchev–Trinajstić information content (AvgIpc) is 3.20. The molecule has 0 fully saturated rings. The smallest absolute Gasteiger partial charge is 0.237 e. The summed E-state index contributed by atoms with van der Waals surface area (Å²) in [4.78, 5) is 14.3. The van der Waals surface area contributed by atoms with Crippen LogP contribution < -0.4 is 4.90 Å². The highest BCUT2D eigenvalue weighted by Gasteiger charge is 2.18. The van der Waals surface area contributed by atoms with Gasteiger partial charge >= 0.3 is 0 Å². The molecular formula is C18H20N4O2S. The number of aromatic nitrogens is 3. The van der Waals surface area contributed by atoms with Crippen LogP contribution >= 0.6 is 11.8 Å². The Morgan fingerprint density at radius 1 is 1.24 bits per heavy atom. The van der Waals surface area contributed by atoms with Gasteiger partial charge in [0.2, 0.25) is 5.91 Å². The summed E-state index contributed by atoms with van der Waals surface area (Å²) in [6.07, 6.45) is 1.63. The number of furan rings is 1. The molecule has 1 aromatic carbocycles. The van der Waals surface area contributed by atoms with Crippen LogP contribution in [0.4, 0.5) is 5.69 Å². The van der Waals surface area contributed by atoms with E-state index in [0.29, 0.717) is 17.5 Å². The molecule has 7 heteroatoms. The first-order valence-electron chi connectivity index (χ1n) is 8.04. The molecule has 3 rings (SSSR count). The summed E-state index contributed by atoms with van der Waals surface area (Å²) < 4.78 is 7.21. The second-order valence-electron chi connectivity index (χ2n) is 5.52. The van der Waals surface area contributed by atoms with E-state index in [1.54, 1.807) is 11.2 Å². The molecule has 2 heterocycles. The maximum atomic E-state index is 12.6. The van der Waals surface area contributed by atoms with Gasteiger partial charge in [-0.05, 0) is 32.0 Å². The highest BCUT2D eigenvalue weighted by Crippen LogP contribution is 2.26. The average molecular weight is 356 g/mol. The molecule has 0 atom stereocenters. The van der Waals surface area contributed by atoms with Gasteiger partial charge < -0.3 is 13.9 Å². The van der Waals surface area contributed by atoms with Crippen molar-refractivity contribution in [2.75, 3.05) is 17.2 Å². The van der Waals surface area contributed by atoms with Crippen molar-refractivity contribution in [1.82, 2.24) is 14.8 Å². The molecule has 0 radical (unpaired) electrons. The summed E-state index contributed by atoms with van der Waals surface area (Å²) in [7, 11) is 1.89. The largest absolute Gasteiger partial charge is 0.469 e. The van der Waals surface area contributed by atoms with E-state index in [1.165, 1.54) is 11.8 Å². The fourth-order valence-electron chi connectivity index (χ4n) is 2.61. The Balaban J connectivity index is 1.70. The van der Waals surface area contributed by atoms with Crippen LogP contribution in [0.5, 0.6) is 0 Å². The highest BCUT2D eigenvalue weighted by molar-refractivity contribution is 7.99. The molecular weight excluding hydrogens is 336 g/mol. The monoisotopic (exact) mass is 356 g/mol. The van der Waals surface area contributed by atoms with E-state index in [9.17, 15) is 4.79 Å². The summed E-state index contributed by atoms with van der Waals surface area (Å²) in [6, 6.07) is 11.5. The van der Waals surface area contributed by atoms with Crippen LogP contribution in [0.25, 0.3) is 11.4 Å². The molecule has 0 aliphatic rings. The van der Waals surface area contributed by atoms with Gasteiger partial charge in [-0.25, -0.2) is 0 Å². The van der Waals surface area contributed by atoms with Crippen LogP contribution in [0.15, 0.2) is 52.2 Å². The van der Waals surface area contributed by atoms with Crippen LogP contribution in [0.2, 0.25) is 0 Å². The predicted molar refractivity (Wildman–Crippen MR) is 98.6 cm³/mol. The number of para-hydroxylation sites is 1. The molecule has 25 heavy (non-hydrogen) atoms. The van der Waals surface area contributed by atoms with E-state index in [-0.39, 0.29) is 5.91 Å². The highest BCUT2D eigenvalue weighted by atomic mass is 32.2. The van der Waals surface area contributed by atoms with Gasteiger partial charge in [-0.1, -0.05) is 30.0 Å². The van der Waals surface area contributed by atoms with Crippen molar-refractivity contribution in [2.45, 2.75) is 19.0 Å². The Labute approximate surface area is 150 Å². The van der Waals surface area contributed by atoms with Crippen molar-refractivity contribution in [2.24, 2.45) is 7.05 Å². The van der Waals surface area contributed by atoms with E-state index in [2.05, 4.69) is 10.2 Å². The minimum Gasteiger partial charge on any atom is -0.469 e. The van der Waals surface area contributed by atoms with Gasteiger partial charge in [0.1, 0.15) is 5.76 Å². The lowest BCUT2D eigenvalue weighted by atomic mass is 10.2. The number of anilines is 1. The standard InChI is InChI=1S/C18H20N4O2S/c1-4-22(14-8-6-5-7-9-14)16(23)12-25-18-20-19-17(21(18)3)15-10-11-24-13(15)2/h5-11H,4,12H2,1-3H3. The number of aryl methyl sites for hydroxylation is 1. The van der Waals surface area contributed by atoms with E-state index >= 15 is 0 Å². The summed E-state index contributed by atoms with van der Waals surface area (Å²) in [5.41, 5.74) is 1.82. The molecule has 130 valence electrons. The van der Waals surface area contributed by atoms with Crippen LogP contribution in [0.3, 0.4) is 0 Å². The Morgan fingerprint density at radius 2 is 2.00 bits per heavy atom. The summed E-state index contributed by atoms with van der Waals surface area (Å²) >= 11 is 1.39. The number of carbonyl (C=O) groups excluding carboxylic acids is 1. The normalized spacial score (nSPS) is 10.8. The molecule has 0 unspecified atom stereocenters. The molecule has 0 aliphatic heterocycles. The third-order valence-corrected chi connectivity index (χ3v) is 4.95. The lowest BCUT2D eigenvalue weighted by Gasteiger charge is -2.20. The number of benzene rings is 1. The number of hydrogen-bond acceptors (Lipinski definition) is 5. The van der Waals surface area contributed by atoms with Crippen molar-refractivity contribution in [3.63, 3.8) is 0 Å². The lowest BCUT2D eigenvalue weighted by Crippen LogP contribution is -2.32. The van der Waals surface area contributed by atoms with Crippen molar-refractivity contribution >= 4 is 23.4 Å². The zero-order valence-corrected chi connectivity index (χ0v) is 15.3. The van der Waals surface area contributed by atoms with Gasteiger partial charge in [0.25, 0.3) is 0 Å². The van der Waals surface area contributed by atoms with Crippen molar-refractivity contribution in [1.29, 1.82) is 0 Å². The number of carbonyl (C=O) groups is 1. The van der Waals surface area contributed by atoms with Gasteiger partial charge in [0.15, 0.2) is 11.0 Å². The molecule has 3 aromatic rings. The molecule has 0 spiro atoms. The zero-order chi connectivity index (χ0) is 17.8. The van der Waals surface area contributed by atoms with E-state index < -0.39 is 0 Å². The Morgan fingerprint density at radius 3 is 2.64 bits per heavy atom. The van der Waals surface area contributed by atoms with Gasteiger partial charge in [0, 0.05) is 19.3 Å². The number of hydrogen-bond donors (Lipinski definition) is 0. The lowest BCUT2D eigenvalue weighted by molar-refractivity contribution is -0.116. The molecule has 0 bridgehead atoms. The zero-order valence-electron chi connectivity index (χ0n) is 14.5. The topological polar surface area (TPSA) is 64.2 Å². The molecule has 2 aromatic heterocycles. The van der Waals surface area contributed by atoms with Gasteiger partial charge in [-0.2, -0.15) is 0 Å². The van der Waals surface area contributed by atoms with Crippen molar-refractivity contribution in [3.8, 4) is 11.4 Å². The third-order valence-electron chi connectivity index (χ3n) is 3.94. The first-order valence-corrected chi connectivity index (χ1v) is 9.02. The van der Waals surface area contributed by atoms with Crippen LogP contribution in [0.1, 0.15) is 12.7 Å². The molecule has 0 saturated heterocycles. The van der Waals surface area contributed by atoms with E-state index in [1.807, 2.05) is 61.9 Å². The molecule has 0 N–H and O–H groups in total. The van der Waals surface area contributed by atoms with Gasteiger partial charge in [-0.3, -0.25) is 4.79 Å². The minimum absolute atomic E-state index is 0.0442. The number of amides is 1. The first-order chi connectivity index (χ1) is 12.1.